The lowest BCUT2D eigenvalue weighted by Gasteiger charge is -2.29. The Balaban J connectivity index is 1.52. The van der Waals surface area contributed by atoms with Crippen molar-refractivity contribution in [2.75, 3.05) is 18.8 Å². The molecule has 26 heavy (non-hydrogen) atoms. The summed E-state index contributed by atoms with van der Waals surface area (Å²) in [6.45, 7) is 3.36. The van der Waals surface area contributed by atoms with E-state index in [2.05, 4.69) is 17.2 Å². The van der Waals surface area contributed by atoms with Crippen molar-refractivity contribution >= 4 is 27.7 Å². The third-order valence-electron chi connectivity index (χ3n) is 5.22. The van der Waals surface area contributed by atoms with Crippen LogP contribution in [-0.2, 0) is 14.8 Å². The van der Waals surface area contributed by atoms with Crippen LogP contribution in [0.5, 0.6) is 0 Å². The molecule has 2 fully saturated rings. The van der Waals surface area contributed by atoms with Crippen LogP contribution in [0.2, 0.25) is 0 Å². The first kappa shape index (κ1) is 19.6. The first-order chi connectivity index (χ1) is 12.5. The molecule has 8 heteroatoms. The fourth-order valence-corrected chi connectivity index (χ4v) is 5.72. The maximum atomic E-state index is 12.5. The number of carbonyl (C=O) groups excluding carboxylic acids is 1. The maximum absolute atomic E-state index is 12.5. The number of nitrogens with zero attached hydrogens (tertiary/aromatic N) is 2. The largest absolute Gasteiger partial charge is 0.352 e. The molecule has 1 aromatic heterocycles. The van der Waals surface area contributed by atoms with Crippen LogP contribution >= 0.6 is 11.8 Å². The first-order valence-electron chi connectivity index (χ1n) is 9.35. The molecule has 1 N–H and O–H groups in total. The average molecular weight is 398 g/mol. The maximum Gasteiger partial charge on any atom is 0.244 e. The quantitative estimate of drug-likeness (QED) is 0.747. The van der Waals surface area contributed by atoms with Crippen LogP contribution in [0.4, 0.5) is 0 Å². The summed E-state index contributed by atoms with van der Waals surface area (Å²) < 4.78 is 26.5. The summed E-state index contributed by atoms with van der Waals surface area (Å²) in [6.07, 6.45) is 7.88. The molecule has 0 radical (unpaired) electrons. The summed E-state index contributed by atoms with van der Waals surface area (Å²) in [5, 5.41) is 3.79. The lowest BCUT2D eigenvalue weighted by molar-refractivity contribution is -0.119. The van der Waals surface area contributed by atoms with E-state index in [1.165, 1.54) is 41.5 Å². The second-order valence-corrected chi connectivity index (χ2v) is 10.1. The van der Waals surface area contributed by atoms with Gasteiger partial charge < -0.3 is 5.32 Å². The Morgan fingerprint density at radius 2 is 1.96 bits per heavy atom. The third-order valence-corrected chi connectivity index (χ3v) is 8.05. The number of hydrogen-bond donors (Lipinski definition) is 1. The third kappa shape index (κ3) is 4.78. The first-order valence-corrected chi connectivity index (χ1v) is 11.8. The molecule has 3 rings (SSSR count). The molecule has 6 nitrogen and oxygen atoms in total. The number of pyridine rings is 1. The van der Waals surface area contributed by atoms with Gasteiger partial charge >= 0.3 is 0 Å². The van der Waals surface area contributed by atoms with Crippen molar-refractivity contribution in [2.24, 2.45) is 5.92 Å². The lowest BCUT2D eigenvalue weighted by atomic mass is 9.86. The smallest absolute Gasteiger partial charge is 0.244 e. The molecule has 0 unspecified atom stereocenters. The van der Waals surface area contributed by atoms with Crippen molar-refractivity contribution in [2.45, 2.75) is 61.4 Å². The summed E-state index contributed by atoms with van der Waals surface area (Å²) in [4.78, 5) is 16.6. The van der Waals surface area contributed by atoms with Crippen molar-refractivity contribution in [3.05, 3.63) is 18.3 Å². The Labute approximate surface area is 160 Å². The Kier molecular flexibility index (Phi) is 6.58. The number of hydrogen-bond acceptors (Lipinski definition) is 5. The topological polar surface area (TPSA) is 79.4 Å². The van der Waals surface area contributed by atoms with Gasteiger partial charge in [0.1, 0.15) is 4.90 Å². The van der Waals surface area contributed by atoms with Gasteiger partial charge in [-0.3, -0.25) is 4.79 Å². The monoisotopic (exact) mass is 397 g/mol. The number of sulfonamides is 1. The van der Waals surface area contributed by atoms with E-state index in [1.807, 2.05) is 0 Å². The van der Waals surface area contributed by atoms with E-state index in [0.717, 1.165) is 19.3 Å². The Morgan fingerprint density at radius 3 is 2.62 bits per heavy atom. The van der Waals surface area contributed by atoms with Crippen LogP contribution in [0.1, 0.15) is 45.4 Å². The molecule has 1 aliphatic carbocycles. The minimum absolute atomic E-state index is 0.0179. The molecular weight excluding hydrogens is 370 g/mol. The fraction of sp³-hybridized carbons (Fsp3) is 0.667. The highest BCUT2D eigenvalue weighted by atomic mass is 32.2. The molecule has 1 aromatic rings. The van der Waals surface area contributed by atoms with Gasteiger partial charge in [0.15, 0.2) is 0 Å². The highest BCUT2D eigenvalue weighted by Gasteiger charge is 2.27. The van der Waals surface area contributed by atoms with E-state index in [1.54, 1.807) is 12.1 Å². The van der Waals surface area contributed by atoms with Crippen molar-refractivity contribution in [3.8, 4) is 0 Å². The number of rotatable bonds is 6. The van der Waals surface area contributed by atoms with Crippen LogP contribution in [0.15, 0.2) is 28.3 Å². The molecule has 0 bridgehead atoms. The molecule has 2 aliphatic rings. The predicted octanol–water partition coefficient (Wildman–Crippen LogP) is 2.65. The Bertz CT molecular complexity index is 716. The molecule has 0 aromatic carbocycles. The van der Waals surface area contributed by atoms with Gasteiger partial charge in [-0.05, 0) is 43.7 Å². The number of nitrogens with one attached hydrogen (secondary N) is 1. The number of thioether (sulfide) groups is 1. The van der Waals surface area contributed by atoms with Gasteiger partial charge in [-0.2, -0.15) is 4.31 Å². The molecule has 1 aliphatic heterocycles. The van der Waals surface area contributed by atoms with Crippen LogP contribution < -0.4 is 5.32 Å². The average Bonchev–Trinajstić information content (AvgIpc) is 3.18. The minimum atomic E-state index is -3.43. The van der Waals surface area contributed by atoms with Crippen molar-refractivity contribution < 1.29 is 13.2 Å². The number of carbonyl (C=O) groups is 1. The molecule has 1 amide bonds. The van der Waals surface area contributed by atoms with Crippen molar-refractivity contribution in [3.63, 3.8) is 0 Å². The zero-order valence-corrected chi connectivity index (χ0v) is 16.8. The molecule has 144 valence electrons. The van der Waals surface area contributed by atoms with E-state index in [0.29, 0.717) is 29.8 Å². The van der Waals surface area contributed by atoms with Gasteiger partial charge in [0.2, 0.25) is 15.9 Å². The van der Waals surface area contributed by atoms with Crippen LogP contribution in [0.25, 0.3) is 0 Å². The van der Waals surface area contributed by atoms with Gasteiger partial charge in [0, 0.05) is 25.3 Å². The Morgan fingerprint density at radius 1 is 1.23 bits per heavy atom. The summed E-state index contributed by atoms with van der Waals surface area (Å²) in [5.74, 6) is 0.851. The summed E-state index contributed by atoms with van der Waals surface area (Å²) >= 11 is 1.34. The van der Waals surface area contributed by atoms with Gasteiger partial charge in [0.25, 0.3) is 0 Å². The molecule has 2 atom stereocenters. The molecule has 0 spiro atoms. The normalized spacial score (nSPS) is 24.5. The van der Waals surface area contributed by atoms with Gasteiger partial charge in [0.05, 0.1) is 10.8 Å². The summed E-state index contributed by atoms with van der Waals surface area (Å²) in [6, 6.07) is 3.55. The van der Waals surface area contributed by atoms with E-state index < -0.39 is 10.0 Å². The molecule has 1 saturated carbocycles. The van der Waals surface area contributed by atoms with E-state index in [4.69, 9.17) is 0 Å². The van der Waals surface area contributed by atoms with Crippen LogP contribution in [-0.4, -0.2) is 48.5 Å². The van der Waals surface area contributed by atoms with Gasteiger partial charge in [-0.25, -0.2) is 13.4 Å². The highest BCUT2D eigenvalue weighted by molar-refractivity contribution is 7.99. The summed E-state index contributed by atoms with van der Waals surface area (Å²) in [5.41, 5.74) is 0. The van der Waals surface area contributed by atoms with E-state index >= 15 is 0 Å². The summed E-state index contributed by atoms with van der Waals surface area (Å²) in [7, 11) is -3.43. The second-order valence-electron chi connectivity index (χ2n) is 7.17. The zero-order valence-electron chi connectivity index (χ0n) is 15.2. The molecule has 1 saturated heterocycles. The molecule has 2 heterocycles. The minimum Gasteiger partial charge on any atom is -0.352 e. The number of aromatic nitrogens is 1. The Hall–Kier alpha value is -1.12. The van der Waals surface area contributed by atoms with Gasteiger partial charge in [-0.15, -0.1) is 0 Å². The zero-order chi connectivity index (χ0) is 18.6. The van der Waals surface area contributed by atoms with E-state index in [-0.39, 0.29) is 16.8 Å². The van der Waals surface area contributed by atoms with E-state index in [9.17, 15) is 13.2 Å². The van der Waals surface area contributed by atoms with Crippen LogP contribution in [0.3, 0.4) is 0 Å². The van der Waals surface area contributed by atoms with Crippen molar-refractivity contribution in [1.82, 2.24) is 14.6 Å². The second kappa shape index (κ2) is 8.71. The predicted molar refractivity (Wildman–Crippen MR) is 103 cm³/mol. The van der Waals surface area contributed by atoms with Crippen molar-refractivity contribution in [1.29, 1.82) is 0 Å². The van der Waals surface area contributed by atoms with Gasteiger partial charge in [-0.1, -0.05) is 31.5 Å². The fourth-order valence-electron chi connectivity index (χ4n) is 3.60. The SMILES string of the molecule is C[C@H]1CCCC[C@H]1NC(=O)CSc1ccc(S(=O)(=O)N2CCCC2)cn1. The number of amides is 1. The molecular formula is C18H27N3O3S2. The standard InChI is InChI=1S/C18H27N3O3S2/c1-14-6-2-3-7-16(14)20-17(22)13-25-18-9-8-15(12-19-18)26(23,24)21-10-4-5-11-21/h8-9,12,14,16H,2-7,10-11,13H2,1H3,(H,20,22)/t14-,16+/m0/s1. The highest BCUT2D eigenvalue weighted by Crippen LogP contribution is 2.25. The lowest BCUT2D eigenvalue weighted by Crippen LogP contribution is -2.41. The van der Waals surface area contributed by atoms with Crippen LogP contribution in [0, 0.1) is 5.92 Å².